The minimum absolute atomic E-state index is 0.103. The van der Waals surface area contributed by atoms with Crippen LogP contribution in [0.4, 0.5) is 5.69 Å². The Hall–Kier alpha value is -4.17. The van der Waals surface area contributed by atoms with Gasteiger partial charge in [-0.1, -0.05) is 35.9 Å². The number of nitrogens with one attached hydrogen (secondary N) is 2. The molecule has 5 rings (SSSR count). The Morgan fingerprint density at radius 1 is 1.02 bits per heavy atom. The molecule has 3 heterocycles. The molecule has 1 fully saturated rings. The van der Waals surface area contributed by atoms with Crippen LogP contribution < -0.4 is 15.4 Å². The van der Waals surface area contributed by atoms with E-state index in [4.69, 9.17) is 17.0 Å². The second-order valence-corrected chi connectivity index (χ2v) is 11.1. The standard InChI is InChI=1S/C33H37N5O2S/c1-20-17-21(2)31(22(3)18-20)38-23(4)19-25(24(38)5)32-30(27-12-9-10-15-34-27)36-33(41)37(32)16-14-29(39)35-26-11-7-8-13-28(26)40-6/h7-13,15,17-19,30,32H,14,16H2,1-6H3,(H,35,39)(H,36,41). The van der Waals surface area contributed by atoms with Crippen molar-refractivity contribution >= 4 is 28.9 Å². The second kappa shape index (κ2) is 11.7. The van der Waals surface area contributed by atoms with Gasteiger partial charge < -0.3 is 24.8 Å². The summed E-state index contributed by atoms with van der Waals surface area (Å²) >= 11 is 5.88. The maximum Gasteiger partial charge on any atom is 0.226 e. The number of para-hydroxylation sites is 2. The van der Waals surface area contributed by atoms with Crippen LogP contribution in [0.15, 0.2) is 66.9 Å². The van der Waals surface area contributed by atoms with E-state index in [2.05, 4.69) is 77.9 Å². The van der Waals surface area contributed by atoms with Crippen molar-refractivity contribution in [3.05, 3.63) is 106 Å². The largest absolute Gasteiger partial charge is 0.495 e. The van der Waals surface area contributed by atoms with E-state index in [-0.39, 0.29) is 24.4 Å². The maximum absolute atomic E-state index is 13.1. The third kappa shape index (κ3) is 5.57. The highest BCUT2D eigenvalue weighted by atomic mass is 32.1. The van der Waals surface area contributed by atoms with Crippen LogP contribution in [0.25, 0.3) is 5.69 Å². The average molecular weight is 568 g/mol. The molecule has 0 radical (unpaired) electrons. The number of aromatic nitrogens is 2. The fourth-order valence-corrected chi connectivity index (χ4v) is 6.46. The minimum atomic E-state index is -0.157. The molecule has 2 unspecified atom stereocenters. The van der Waals surface area contributed by atoms with Crippen LogP contribution in [-0.4, -0.2) is 39.1 Å². The fraction of sp³-hybridized carbons (Fsp3) is 0.303. The number of anilines is 1. The SMILES string of the molecule is COc1ccccc1NC(=O)CCN1C(=S)NC(c2ccccn2)C1c1cc(C)n(-c2c(C)cc(C)cc2C)c1C. The summed E-state index contributed by atoms with van der Waals surface area (Å²) in [7, 11) is 1.59. The lowest BCUT2D eigenvalue weighted by atomic mass is 9.96. The summed E-state index contributed by atoms with van der Waals surface area (Å²) < 4.78 is 7.75. The number of methoxy groups -OCH3 is 1. The Kier molecular flexibility index (Phi) is 8.13. The van der Waals surface area contributed by atoms with E-state index in [0.717, 1.165) is 22.6 Å². The molecule has 0 spiro atoms. The molecule has 2 aromatic carbocycles. The monoisotopic (exact) mass is 567 g/mol. The van der Waals surface area contributed by atoms with E-state index in [9.17, 15) is 4.79 Å². The van der Waals surface area contributed by atoms with Gasteiger partial charge in [0, 0.05) is 30.6 Å². The van der Waals surface area contributed by atoms with Gasteiger partial charge in [-0.3, -0.25) is 9.78 Å². The Morgan fingerprint density at radius 3 is 2.41 bits per heavy atom. The lowest BCUT2D eigenvalue weighted by molar-refractivity contribution is -0.116. The Bertz CT molecular complexity index is 1570. The second-order valence-electron chi connectivity index (χ2n) is 10.7. The molecule has 0 aliphatic carbocycles. The molecule has 1 amide bonds. The molecule has 1 saturated heterocycles. The lowest BCUT2D eigenvalue weighted by Gasteiger charge is -2.28. The Morgan fingerprint density at radius 2 is 1.73 bits per heavy atom. The zero-order chi connectivity index (χ0) is 29.3. The molecule has 4 aromatic rings. The molecule has 0 saturated carbocycles. The van der Waals surface area contributed by atoms with Crippen LogP contribution >= 0.6 is 12.2 Å². The number of thiocarbonyl (C=S) groups is 1. The molecule has 8 heteroatoms. The predicted octanol–water partition coefficient (Wildman–Crippen LogP) is 6.42. The normalized spacial score (nSPS) is 16.5. The number of rotatable bonds is 8. The summed E-state index contributed by atoms with van der Waals surface area (Å²) in [5.41, 5.74) is 9.97. The van der Waals surface area contributed by atoms with Gasteiger partial charge in [0.2, 0.25) is 5.91 Å². The van der Waals surface area contributed by atoms with Crippen molar-refractivity contribution in [2.75, 3.05) is 19.0 Å². The van der Waals surface area contributed by atoms with Gasteiger partial charge in [-0.15, -0.1) is 0 Å². The van der Waals surface area contributed by atoms with Gasteiger partial charge in [0.1, 0.15) is 5.75 Å². The highest BCUT2D eigenvalue weighted by Gasteiger charge is 2.41. The molecular formula is C33H37N5O2S. The van der Waals surface area contributed by atoms with Gasteiger partial charge in [-0.25, -0.2) is 0 Å². The van der Waals surface area contributed by atoms with E-state index >= 15 is 0 Å². The molecule has 0 bridgehead atoms. The maximum atomic E-state index is 13.1. The molecular weight excluding hydrogens is 530 g/mol. The van der Waals surface area contributed by atoms with E-state index in [1.165, 1.54) is 22.4 Å². The first-order valence-electron chi connectivity index (χ1n) is 13.9. The number of pyridine rings is 1. The van der Waals surface area contributed by atoms with Gasteiger partial charge >= 0.3 is 0 Å². The van der Waals surface area contributed by atoms with Crippen molar-refractivity contribution in [1.29, 1.82) is 0 Å². The van der Waals surface area contributed by atoms with Crippen LogP contribution in [0.3, 0.4) is 0 Å². The number of carbonyl (C=O) groups excluding carboxylic acids is 1. The smallest absolute Gasteiger partial charge is 0.226 e. The molecule has 1 aliphatic rings. The number of hydrogen-bond donors (Lipinski definition) is 2. The number of aryl methyl sites for hydroxylation is 4. The third-order valence-corrected chi connectivity index (χ3v) is 8.16. The zero-order valence-electron chi connectivity index (χ0n) is 24.5. The first-order chi connectivity index (χ1) is 19.7. The molecule has 7 nitrogen and oxygen atoms in total. The van der Waals surface area contributed by atoms with Crippen molar-refractivity contribution in [2.24, 2.45) is 0 Å². The zero-order valence-corrected chi connectivity index (χ0v) is 25.3. The molecule has 1 aliphatic heterocycles. The molecule has 41 heavy (non-hydrogen) atoms. The quantitative estimate of drug-likeness (QED) is 0.239. The highest BCUT2D eigenvalue weighted by molar-refractivity contribution is 7.80. The predicted molar refractivity (Wildman–Crippen MR) is 168 cm³/mol. The van der Waals surface area contributed by atoms with Crippen molar-refractivity contribution in [2.45, 2.75) is 53.1 Å². The molecule has 2 N–H and O–H groups in total. The van der Waals surface area contributed by atoms with Crippen LogP contribution in [0, 0.1) is 34.6 Å². The number of ether oxygens (including phenoxy) is 1. The summed E-state index contributed by atoms with van der Waals surface area (Å²) in [6.45, 7) is 11.2. The molecule has 212 valence electrons. The van der Waals surface area contributed by atoms with Gasteiger partial charge in [0.05, 0.1) is 36.3 Å². The fourth-order valence-electron chi connectivity index (χ4n) is 6.12. The van der Waals surface area contributed by atoms with Crippen molar-refractivity contribution in [1.82, 2.24) is 19.8 Å². The van der Waals surface area contributed by atoms with Crippen LogP contribution in [0.2, 0.25) is 0 Å². The summed E-state index contributed by atoms with van der Waals surface area (Å²) in [5.74, 6) is 0.523. The highest BCUT2D eigenvalue weighted by Crippen LogP contribution is 2.42. The van der Waals surface area contributed by atoms with Crippen LogP contribution in [-0.2, 0) is 4.79 Å². The van der Waals surface area contributed by atoms with Crippen molar-refractivity contribution in [3.8, 4) is 11.4 Å². The summed E-state index contributed by atoms with van der Waals surface area (Å²) in [5, 5.41) is 7.12. The first kappa shape index (κ1) is 28.4. The third-order valence-electron chi connectivity index (χ3n) is 7.81. The number of nitrogens with zero attached hydrogens (tertiary/aromatic N) is 3. The van der Waals surface area contributed by atoms with Crippen LogP contribution in [0.5, 0.6) is 5.75 Å². The van der Waals surface area contributed by atoms with E-state index in [1.54, 1.807) is 7.11 Å². The summed E-state index contributed by atoms with van der Waals surface area (Å²) in [6, 6.07) is 19.8. The van der Waals surface area contributed by atoms with Crippen LogP contribution in [0.1, 0.15) is 57.8 Å². The Labute approximate surface area is 247 Å². The number of hydrogen-bond acceptors (Lipinski definition) is 4. The topological polar surface area (TPSA) is 71.4 Å². The number of carbonyl (C=O) groups is 1. The van der Waals surface area contributed by atoms with Gasteiger partial charge in [-0.2, -0.15) is 0 Å². The molecule has 2 aromatic heterocycles. The number of amides is 1. The summed E-state index contributed by atoms with van der Waals surface area (Å²) in [4.78, 5) is 19.9. The van der Waals surface area contributed by atoms with Gasteiger partial charge in [0.15, 0.2) is 5.11 Å². The van der Waals surface area contributed by atoms with Gasteiger partial charge in [-0.05, 0) is 93.9 Å². The van der Waals surface area contributed by atoms with E-state index in [0.29, 0.717) is 23.1 Å². The average Bonchev–Trinajstić information content (AvgIpc) is 3.42. The van der Waals surface area contributed by atoms with Crippen molar-refractivity contribution in [3.63, 3.8) is 0 Å². The summed E-state index contributed by atoms with van der Waals surface area (Å²) in [6.07, 6.45) is 2.07. The van der Waals surface area contributed by atoms with Gasteiger partial charge in [0.25, 0.3) is 0 Å². The Balaban J connectivity index is 1.50. The minimum Gasteiger partial charge on any atom is -0.495 e. The number of benzene rings is 2. The lowest BCUT2D eigenvalue weighted by Crippen LogP contribution is -2.33. The first-order valence-corrected chi connectivity index (χ1v) is 14.3. The molecule has 2 atom stereocenters. The van der Waals surface area contributed by atoms with E-state index < -0.39 is 0 Å². The van der Waals surface area contributed by atoms with Crippen molar-refractivity contribution < 1.29 is 9.53 Å². The van der Waals surface area contributed by atoms with E-state index in [1.807, 2.05) is 48.7 Å².